The van der Waals surface area contributed by atoms with Crippen LogP contribution >= 0.6 is 11.6 Å². The van der Waals surface area contributed by atoms with Crippen molar-refractivity contribution in [2.75, 3.05) is 7.11 Å². The Bertz CT molecular complexity index is 325. The van der Waals surface area contributed by atoms with E-state index in [0.717, 1.165) is 0 Å². The van der Waals surface area contributed by atoms with Crippen LogP contribution < -0.4 is 0 Å². The Hall–Kier alpha value is -0.955. The number of benzene rings is 1. The predicted molar refractivity (Wildman–Crippen MR) is 52.2 cm³/mol. The van der Waals surface area contributed by atoms with Crippen LogP contribution in [0.15, 0.2) is 18.2 Å². The third-order valence-electron chi connectivity index (χ3n) is 1.73. The smallest absolute Gasteiger partial charge is 0.338 e. The Morgan fingerprint density at radius 1 is 1.62 bits per heavy atom. The second-order valence-electron chi connectivity index (χ2n) is 2.46. The zero-order chi connectivity index (χ0) is 9.84. The van der Waals surface area contributed by atoms with Crippen molar-refractivity contribution in [3.05, 3.63) is 34.3 Å². The molecule has 1 aromatic carbocycles. The van der Waals surface area contributed by atoms with Gasteiger partial charge in [-0.1, -0.05) is 24.0 Å². The quantitative estimate of drug-likeness (QED) is 0.530. The number of carbonyl (C=O) groups excluding carboxylic acids is 1. The third-order valence-corrected chi connectivity index (χ3v) is 2.08. The van der Waals surface area contributed by atoms with Gasteiger partial charge in [0.25, 0.3) is 0 Å². The van der Waals surface area contributed by atoms with Gasteiger partial charge in [-0.3, -0.25) is 0 Å². The van der Waals surface area contributed by atoms with Gasteiger partial charge in [-0.2, -0.15) is 0 Å². The highest BCUT2D eigenvalue weighted by molar-refractivity contribution is 6.32. The Kier molecular flexibility index (Phi) is 3.37. The monoisotopic (exact) mass is 194 g/mol. The molecule has 0 atom stereocenters. The van der Waals surface area contributed by atoms with Crippen molar-refractivity contribution in [2.24, 2.45) is 0 Å². The van der Waals surface area contributed by atoms with Crippen LogP contribution in [0.2, 0.25) is 5.02 Å². The fourth-order valence-corrected chi connectivity index (χ4v) is 1.32. The van der Waals surface area contributed by atoms with E-state index in [9.17, 15) is 4.79 Å². The molecule has 0 aromatic heterocycles. The minimum absolute atomic E-state index is 0.226. The molecule has 0 N–H and O–H groups in total. The molecule has 0 unspecified atom stereocenters. The maximum atomic E-state index is 11.2. The Balaban J connectivity index is 3.20. The van der Waals surface area contributed by atoms with Crippen LogP contribution in [0.25, 0.3) is 0 Å². The number of ether oxygens (including phenoxy) is 1. The fraction of sp³-hybridized carbons (Fsp3) is 0.222. The maximum absolute atomic E-state index is 11.2. The first-order chi connectivity index (χ1) is 6.20. The van der Waals surface area contributed by atoms with Crippen LogP contribution in [0.3, 0.4) is 0 Å². The highest BCUT2D eigenvalue weighted by Gasteiger charge is 2.11. The standard InChI is InChI=1S/C9H8BClO2/c1-13-9(12)6-3-2-4-8(11)7(6)5-10/h2-4H,5H2,1H3. The first kappa shape index (κ1) is 10.1. The summed E-state index contributed by atoms with van der Waals surface area (Å²) >= 11 is 5.84. The lowest BCUT2D eigenvalue weighted by Gasteiger charge is -2.06. The summed E-state index contributed by atoms with van der Waals surface area (Å²) in [4.78, 5) is 11.2. The van der Waals surface area contributed by atoms with Crippen LogP contribution in [0.5, 0.6) is 0 Å². The molecule has 0 saturated heterocycles. The van der Waals surface area contributed by atoms with E-state index in [-0.39, 0.29) is 6.32 Å². The van der Waals surface area contributed by atoms with Crippen molar-refractivity contribution in [3.63, 3.8) is 0 Å². The minimum atomic E-state index is -0.414. The number of esters is 1. The summed E-state index contributed by atoms with van der Waals surface area (Å²) in [6.07, 6.45) is 0.226. The summed E-state index contributed by atoms with van der Waals surface area (Å²) < 4.78 is 4.58. The van der Waals surface area contributed by atoms with Gasteiger partial charge in [0.1, 0.15) is 0 Å². The molecule has 1 aromatic rings. The number of methoxy groups -OCH3 is 1. The van der Waals surface area contributed by atoms with Crippen LogP contribution in [0.4, 0.5) is 0 Å². The Labute approximate surface area is 83.3 Å². The molecule has 0 aliphatic carbocycles. The van der Waals surface area contributed by atoms with Crippen molar-refractivity contribution < 1.29 is 9.53 Å². The molecule has 4 heteroatoms. The molecule has 0 aliphatic rings. The molecule has 0 saturated carbocycles. The predicted octanol–water partition coefficient (Wildman–Crippen LogP) is 1.80. The van der Waals surface area contributed by atoms with Gasteiger partial charge in [-0.25, -0.2) is 4.79 Å². The van der Waals surface area contributed by atoms with Crippen LogP contribution in [0, 0.1) is 0 Å². The Morgan fingerprint density at radius 3 is 2.85 bits per heavy atom. The molecule has 0 bridgehead atoms. The summed E-state index contributed by atoms with van der Waals surface area (Å²) in [6, 6.07) is 5.02. The van der Waals surface area contributed by atoms with Crippen LogP contribution in [0.1, 0.15) is 15.9 Å². The van der Waals surface area contributed by atoms with E-state index >= 15 is 0 Å². The van der Waals surface area contributed by atoms with Crippen LogP contribution in [-0.2, 0) is 11.1 Å². The van der Waals surface area contributed by atoms with Crippen molar-refractivity contribution in [3.8, 4) is 0 Å². The van der Waals surface area contributed by atoms with Gasteiger partial charge in [-0.05, 0) is 17.7 Å². The molecule has 13 heavy (non-hydrogen) atoms. The van der Waals surface area contributed by atoms with E-state index < -0.39 is 5.97 Å². The van der Waals surface area contributed by atoms with Crippen molar-refractivity contribution in [1.82, 2.24) is 0 Å². The van der Waals surface area contributed by atoms with E-state index in [2.05, 4.69) is 4.74 Å². The number of rotatable bonds is 2. The zero-order valence-corrected chi connectivity index (χ0v) is 7.97. The highest BCUT2D eigenvalue weighted by Crippen LogP contribution is 2.20. The van der Waals surface area contributed by atoms with Crippen molar-refractivity contribution in [2.45, 2.75) is 6.32 Å². The molecular weight excluding hydrogens is 186 g/mol. The van der Waals surface area contributed by atoms with E-state index in [0.29, 0.717) is 16.1 Å². The third kappa shape index (κ3) is 2.04. The maximum Gasteiger partial charge on any atom is 0.338 e. The SMILES string of the molecule is [B]Cc1c(Cl)cccc1C(=O)OC. The van der Waals surface area contributed by atoms with Gasteiger partial charge in [-0.15, -0.1) is 0 Å². The van der Waals surface area contributed by atoms with E-state index in [1.807, 2.05) is 0 Å². The summed E-state index contributed by atoms with van der Waals surface area (Å²) in [5, 5.41) is 0.491. The Morgan fingerprint density at radius 2 is 2.31 bits per heavy atom. The lowest BCUT2D eigenvalue weighted by molar-refractivity contribution is 0.0600. The molecule has 0 aliphatic heterocycles. The van der Waals surface area contributed by atoms with Gasteiger partial charge in [0, 0.05) is 5.02 Å². The first-order valence-electron chi connectivity index (χ1n) is 3.76. The highest BCUT2D eigenvalue weighted by atomic mass is 35.5. The van der Waals surface area contributed by atoms with Gasteiger partial charge in [0.15, 0.2) is 0 Å². The van der Waals surface area contributed by atoms with E-state index in [4.69, 9.17) is 19.4 Å². The average molecular weight is 194 g/mol. The van der Waals surface area contributed by atoms with Gasteiger partial charge in [0.05, 0.1) is 20.5 Å². The molecule has 2 nitrogen and oxygen atoms in total. The lowest BCUT2D eigenvalue weighted by Crippen LogP contribution is -2.06. The summed E-state index contributed by atoms with van der Waals surface area (Å²) in [6.45, 7) is 0. The zero-order valence-electron chi connectivity index (χ0n) is 7.21. The molecule has 0 spiro atoms. The van der Waals surface area contributed by atoms with E-state index in [1.165, 1.54) is 7.11 Å². The average Bonchev–Trinajstić information content (AvgIpc) is 2.16. The topological polar surface area (TPSA) is 26.3 Å². The summed E-state index contributed by atoms with van der Waals surface area (Å²) in [7, 11) is 6.77. The van der Waals surface area contributed by atoms with Crippen molar-refractivity contribution in [1.29, 1.82) is 0 Å². The number of hydrogen-bond donors (Lipinski definition) is 0. The minimum Gasteiger partial charge on any atom is -0.465 e. The van der Waals surface area contributed by atoms with E-state index in [1.54, 1.807) is 18.2 Å². The fourth-order valence-electron chi connectivity index (χ4n) is 1.07. The number of hydrogen-bond acceptors (Lipinski definition) is 2. The van der Waals surface area contributed by atoms with Gasteiger partial charge < -0.3 is 4.74 Å². The van der Waals surface area contributed by atoms with Gasteiger partial charge >= 0.3 is 5.97 Å². The first-order valence-corrected chi connectivity index (χ1v) is 4.14. The molecule has 0 amide bonds. The summed E-state index contributed by atoms with van der Waals surface area (Å²) in [5.41, 5.74) is 1.05. The summed E-state index contributed by atoms with van der Waals surface area (Å²) in [5.74, 6) is -0.414. The normalized spacial score (nSPS) is 9.69. The largest absolute Gasteiger partial charge is 0.465 e. The molecule has 0 heterocycles. The molecule has 66 valence electrons. The molecule has 1 rings (SSSR count). The number of carbonyl (C=O) groups is 1. The molecule has 0 fully saturated rings. The number of halogens is 1. The second kappa shape index (κ2) is 4.33. The lowest BCUT2D eigenvalue weighted by atomic mass is 9.93. The molecular formula is C9H8BClO2. The molecule has 2 radical (unpaired) electrons. The van der Waals surface area contributed by atoms with Crippen molar-refractivity contribution >= 4 is 25.4 Å². The van der Waals surface area contributed by atoms with Crippen LogP contribution in [-0.4, -0.2) is 20.9 Å². The van der Waals surface area contributed by atoms with Gasteiger partial charge in [0.2, 0.25) is 0 Å². The second-order valence-corrected chi connectivity index (χ2v) is 2.87.